The van der Waals surface area contributed by atoms with E-state index in [4.69, 9.17) is 0 Å². The van der Waals surface area contributed by atoms with Crippen molar-refractivity contribution in [2.75, 3.05) is 26.2 Å². The molecule has 2 saturated heterocycles. The third-order valence-corrected chi connectivity index (χ3v) is 5.89. The second kappa shape index (κ2) is 5.79. The average Bonchev–Trinajstić information content (AvgIpc) is 2.93. The molecule has 1 N–H and O–H groups in total. The number of rotatable bonds is 3. The summed E-state index contributed by atoms with van der Waals surface area (Å²) in [6.45, 7) is 15.8. The van der Waals surface area contributed by atoms with Crippen LogP contribution in [-0.2, 0) is 4.79 Å². The number of carbonyl (C=O) groups is 1. The first-order valence-electron chi connectivity index (χ1n) is 9.07. The zero-order valence-corrected chi connectivity index (χ0v) is 14.9. The number of likely N-dealkylation sites (tertiary alicyclic amines) is 2. The molecule has 3 aliphatic rings. The van der Waals surface area contributed by atoms with Crippen molar-refractivity contribution in [2.24, 2.45) is 17.8 Å². The molecular weight excluding hydrogens is 274 g/mol. The van der Waals surface area contributed by atoms with Crippen molar-refractivity contribution in [1.82, 2.24) is 15.1 Å². The second-order valence-corrected chi connectivity index (χ2v) is 8.86. The third kappa shape index (κ3) is 3.18. The van der Waals surface area contributed by atoms with Gasteiger partial charge < -0.3 is 5.32 Å². The molecule has 3 rings (SSSR count). The number of carbonyl (C=O) groups excluding carboxylic acids is 1. The van der Waals surface area contributed by atoms with E-state index in [0.29, 0.717) is 29.2 Å². The van der Waals surface area contributed by atoms with E-state index in [-0.39, 0.29) is 6.04 Å². The van der Waals surface area contributed by atoms with Crippen molar-refractivity contribution < 1.29 is 4.79 Å². The summed E-state index contributed by atoms with van der Waals surface area (Å²) < 4.78 is 0. The average molecular weight is 307 g/mol. The number of hydrogen-bond acceptors (Lipinski definition) is 3. The topological polar surface area (TPSA) is 35.6 Å². The normalized spacial score (nSPS) is 34.0. The van der Waals surface area contributed by atoms with Gasteiger partial charge in [0, 0.05) is 49.7 Å². The van der Waals surface area contributed by atoms with Gasteiger partial charge in [-0.05, 0) is 59.3 Å². The number of piperidine rings is 2. The van der Waals surface area contributed by atoms with E-state index in [2.05, 4.69) is 35.9 Å². The van der Waals surface area contributed by atoms with Gasteiger partial charge in [0.05, 0.1) is 0 Å². The van der Waals surface area contributed by atoms with Crippen LogP contribution in [0.1, 0.15) is 47.5 Å². The maximum absolute atomic E-state index is 12.1. The van der Waals surface area contributed by atoms with E-state index in [1.54, 1.807) is 0 Å². The molecule has 0 radical (unpaired) electrons. The van der Waals surface area contributed by atoms with Crippen molar-refractivity contribution >= 4 is 5.91 Å². The van der Waals surface area contributed by atoms with Gasteiger partial charge in [0.15, 0.2) is 0 Å². The van der Waals surface area contributed by atoms with E-state index in [1.807, 2.05) is 13.8 Å². The first-order chi connectivity index (χ1) is 10.3. The van der Waals surface area contributed by atoms with Crippen molar-refractivity contribution in [3.8, 4) is 0 Å². The fourth-order valence-electron chi connectivity index (χ4n) is 4.53. The van der Waals surface area contributed by atoms with Crippen molar-refractivity contribution in [1.29, 1.82) is 0 Å². The Labute approximate surface area is 135 Å². The first-order valence-corrected chi connectivity index (χ1v) is 9.07. The van der Waals surface area contributed by atoms with Gasteiger partial charge >= 0.3 is 0 Å². The molecule has 1 aliphatic carbocycles. The van der Waals surface area contributed by atoms with E-state index < -0.39 is 0 Å². The van der Waals surface area contributed by atoms with E-state index in [0.717, 1.165) is 19.1 Å². The van der Waals surface area contributed by atoms with Crippen LogP contribution in [0.15, 0.2) is 0 Å². The Morgan fingerprint density at radius 2 is 1.64 bits per heavy atom. The molecular formula is C18H33N3O. The molecule has 3 atom stereocenters. The van der Waals surface area contributed by atoms with Gasteiger partial charge in [0.2, 0.25) is 5.91 Å². The summed E-state index contributed by atoms with van der Waals surface area (Å²) in [7, 11) is 0. The fourth-order valence-corrected chi connectivity index (χ4v) is 4.53. The van der Waals surface area contributed by atoms with Crippen molar-refractivity contribution in [2.45, 2.75) is 65.1 Å². The summed E-state index contributed by atoms with van der Waals surface area (Å²) in [5.74, 6) is 1.89. The minimum absolute atomic E-state index is 0.270. The highest BCUT2D eigenvalue weighted by Gasteiger charge is 2.60. The molecule has 22 heavy (non-hydrogen) atoms. The predicted octanol–water partition coefficient (Wildman–Crippen LogP) is 1.95. The van der Waals surface area contributed by atoms with Crippen LogP contribution in [0.2, 0.25) is 0 Å². The molecule has 2 heterocycles. The number of nitrogens with one attached hydrogen (secondary N) is 1. The van der Waals surface area contributed by atoms with Gasteiger partial charge in [0.1, 0.15) is 0 Å². The summed E-state index contributed by atoms with van der Waals surface area (Å²) in [6.07, 6.45) is 2.58. The Morgan fingerprint density at radius 3 is 2.09 bits per heavy atom. The summed E-state index contributed by atoms with van der Waals surface area (Å²) in [5, 5.41) is 3.09. The van der Waals surface area contributed by atoms with Gasteiger partial charge in [-0.2, -0.15) is 0 Å². The zero-order valence-electron chi connectivity index (χ0n) is 14.9. The number of nitrogens with zero attached hydrogens (tertiary/aromatic N) is 2. The van der Waals surface area contributed by atoms with Crippen molar-refractivity contribution in [3.63, 3.8) is 0 Å². The summed E-state index contributed by atoms with van der Waals surface area (Å²) in [5.41, 5.74) is 0.304. The van der Waals surface area contributed by atoms with E-state index in [1.165, 1.54) is 25.9 Å². The highest BCUT2D eigenvalue weighted by Crippen LogP contribution is 2.52. The lowest BCUT2D eigenvalue weighted by Crippen LogP contribution is -2.51. The highest BCUT2D eigenvalue weighted by molar-refractivity contribution is 5.82. The molecule has 0 aromatic heterocycles. The molecule has 1 saturated carbocycles. The Bertz CT molecular complexity index is 409. The molecule has 126 valence electrons. The van der Waals surface area contributed by atoms with Crippen LogP contribution < -0.4 is 5.32 Å². The maximum Gasteiger partial charge on any atom is 0.223 e. The standard InChI is InChI=1S/C18H33N3O/c1-12(2)19-17(22)16-14-10-20(11-15(14)16)13-6-8-21(9-7-13)18(3,4)5/h12-16H,6-11H2,1-5H3,(H,19,22)/t14-,15+,16+. The Morgan fingerprint density at radius 1 is 1.09 bits per heavy atom. The lowest BCUT2D eigenvalue weighted by Gasteiger charge is -2.43. The monoisotopic (exact) mass is 307 g/mol. The molecule has 0 aromatic rings. The molecule has 4 heteroatoms. The summed E-state index contributed by atoms with van der Waals surface area (Å²) >= 11 is 0. The number of fused-ring (bicyclic) bond motifs is 1. The van der Waals surface area contributed by atoms with Gasteiger partial charge in [-0.3, -0.25) is 14.6 Å². The molecule has 4 nitrogen and oxygen atoms in total. The number of hydrogen-bond donors (Lipinski definition) is 1. The molecule has 0 unspecified atom stereocenters. The minimum Gasteiger partial charge on any atom is -0.354 e. The van der Waals surface area contributed by atoms with Crippen LogP contribution in [0.4, 0.5) is 0 Å². The quantitative estimate of drug-likeness (QED) is 0.866. The van der Waals surface area contributed by atoms with Crippen LogP contribution in [0.5, 0.6) is 0 Å². The van der Waals surface area contributed by atoms with Crippen LogP contribution in [0.3, 0.4) is 0 Å². The minimum atomic E-state index is 0.270. The van der Waals surface area contributed by atoms with E-state index in [9.17, 15) is 4.79 Å². The molecule has 2 aliphatic heterocycles. The van der Waals surface area contributed by atoms with Crippen LogP contribution in [0.25, 0.3) is 0 Å². The predicted molar refractivity (Wildman–Crippen MR) is 89.7 cm³/mol. The molecule has 0 spiro atoms. The largest absolute Gasteiger partial charge is 0.354 e. The van der Waals surface area contributed by atoms with Gasteiger partial charge in [-0.1, -0.05) is 0 Å². The zero-order chi connectivity index (χ0) is 16.1. The lowest BCUT2D eigenvalue weighted by molar-refractivity contribution is -0.123. The van der Waals surface area contributed by atoms with Gasteiger partial charge in [-0.25, -0.2) is 0 Å². The maximum atomic E-state index is 12.1. The second-order valence-electron chi connectivity index (χ2n) is 8.86. The molecule has 0 aromatic carbocycles. The highest BCUT2D eigenvalue weighted by atomic mass is 16.2. The van der Waals surface area contributed by atoms with E-state index >= 15 is 0 Å². The molecule has 0 bridgehead atoms. The third-order valence-electron chi connectivity index (χ3n) is 5.89. The molecule has 1 amide bonds. The van der Waals surface area contributed by atoms with Crippen molar-refractivity contribution in [3.05, 3.63) is 0 Å². The Balaban J connectivity index is 1.44. The fraction of sp³-hybridized carbons (Fsp3) is 0.944. The van der Waals surface area contributed by atoms with Crippen LogP contribution in [0, 0.1) is 17.8 Å². The van der Waals surface area contributed by atoms with Crippen LogP contribution in [-0.4, -0.2) is 59.5 Å². The van der Waals surface area contributed by atoms with Gasteiger partial charge in [-0.15, -0.1) is 0 Å². The molecule has 3 fully saturated rings. The van der Waals surface area contributed by atoms with Gasteiger partial charge in [0.25, 0.3) is 0 Å². The summed E-state index contributed by atoms with van der Waals surface area (Å²) in [4.78, 5) is 17.4. The lowest BCUT2D eigenvalue weighted by atomic mass is 9.97. The number of amides is 1. The first kappa shape index (κ1) is 16.3. The Hall–Kier alpha value is -0.610. The SMILES string of the molecule is CC(C)NC(=O)[C@H]1[C@@H]2CN(C3CCN(C(C)(C)C)CC3)C[C@@H]21. The Kier molecular flexibility index (Phi) is 4.28. The smallest absolute Gasteiger partial charge is 0.223 e. The summed E-state index contributed by atoms with van der Waals surface area (Å²) in [6, 6.07) is 1.02. The van der Waals surface area contributed by atoms with Crippen LogP contribution >= 0.6 is 0 Å².